The fourth-order valence-electron chi connectivity index (χ4n) is 7.61. The van der Waals surface area contributed by atoms with E-state index in [1.54, 1.807) is 0 Å². The monoisotopic (exact) mass is 638 g/mol. The second-order valence-electron chi connectivity index (χ2n) is 12.7. The lowest BCUT2D eigenvalue weighted by atomic mass is 9.59. The van der Waals surface area contributed by atoms with Crippen molar-refractivity contribution in [2.24, 2.45) is 0 Å². The Labute approximate surface area is 302 Å². The van der Waals surface area contributed by atoms with E-state index in [1.165, 1.54) is 42.4 Å². The number of rotatable bonds is 4. The lowest BCUT2D eigenvalue weighted by Crippen LogP contribution is -2.55. The largest absolute Gasteiger partial charge is 0.135 e. The molecule has 1 aromatic heterocycles. The molecule has 0 fully saturated rings. The molecule has 0 unspecified atom stereocenters. The molecule has 0 aliphatic heterocycles. The van der Waals surface area contributed by atoms with Gasteiger partial charge in [0, 0.05) is 20.2 Å². The maximum Gasteiger partial charge on any atom is 0.113 e. The van der Waals surface area contributed by atoms with Crippen LogP contribution < -0.4 is 27.3 Å². The first-order chi connectivity index (χ1) is 24.4. The molecule has 0 saturated heterocycles. The highest BCUT2D eigenvalue weighted by atomic mass is 32.1. The van der Waals surface area contributed by atoms with Crippen LogP contribution in [0, 0.1) is 0 Å². The van der Waals surface area contributed by atoms with E-state index in [1.807, 2.05) is 23.5 Å². The molecular formula is C44H23B5S. The van der Waals surface area contributed by atoms with Crippen LogP contribution in [-0.4, -0.2) is 39.2 Å². The Morgan fingerprint density at radius 2 is 0.760 bits per heavy atom. The van der Waals surface area contributed by atoms with Gasteiger partial charge in [-0.1, -0.05) is 138 Å². The Kier molecular flexibility index (Phi) is 7.41. The summed E-state index contributed by atoms with van der Waals surface area (Å²) in [5.41, 5.74) is 9.87. The van der Waals surface area contributed by atoms with Crippen LogP contribution in [0.2, 0.25) is 0 Å². The quantitative estimate of drug-likeness (QED) is 0.144. The second-order valence-corrected chi connectivity index (χ2v) is 13.8. The molecule has 220 valence electrons. The van der Waals surface area contributed by atoms with E-state index in [4.69, 9.17) is 39.2 Å². The van der Waals surface area contributed by atoms with Gasteiger partial charge in [-0.25, -0.2) is 0 Å². The fourth-order valence-corrected chi connectivity index (χ4v) is 8.72. The minimum absolute atomic E-state index is 0.204. The number of thiophene rings is 1. The summed E-state index contributed by atoms with van der Waals surface area (Å²) in [5, 5.41) is 6.69. The molecule has 9 rings (SSSR count). The minimum Gasteiger partial charge on any atom is -0.135 e. The van der Waals surface area contributed by atoms with Gasteiger partial charge in [0.2, 0.25) is 0 Å². The predicted octanol–water partition coefficient (Wildman–Crippen LogP) is 7.00. The van der Waals surface area contributed by atoms with E-state index in [0.717, 1.165) is 38.2 Å². The molecule has 0 N–H and O–H groups in total. The van der Waals surface area contributed by atoms with Crippen LogP contribution in [0.4, 0.5) is 0 Å². The van der Waals surface area contributed by atoms with E-state index in [9.17, 15) is 0 Å². The topological polar surface area (TPSA) is 0 Å². The molecule has 0 bridgehead atoms. The highest BCUT2D eigenvalue weighted by Gasteiger charge is 2.21. The van der Waals surface area contributed by atoms with Crippen molar-refractivity contribution in [2.45, 2.75) is 0 Å². The molecule has 0 atom stereocenters. The lowest BCUT2D eigenvalue weighted by Gasteiger charge is -2.25. The van der Waals surface area contributed by atoms with Crippen LogP contribution in [0.5, 0.6) is 0 Å². The average Bonchev–Trinajstić information content (AvgIpc) is 3.55. The summed E-state index contributed by atoms with van der Waals surface area (Å²) in [6, 6.07) is 49.6. The van der Waals surface area contributed by atoms with Crippen molar-refractivity contribution >= 4 is 120 Å². The first kappa shape index (κ1) is 30.9. The van der Waals surface area contributed by atoms with Crippen molar-refractivity contribution in [1.29, 1.82) is 0 Å². The van der Waals surface area contributed by atoms with Gasteiger partial charge in [0.15, 0.2) is 0 Å². The van der Waals surface area contributed by atoms with Crippen molar-refractivity contribution in [3.05, 3.63) is 140 Å². The Hall–Kier alpha value is -5.18. The molecule has 0 saturated carbocycles. The van der Waals surface area contributed by atoms with Crippen molar-refractivity contribution in [3.8, 4) is 44.5 Å². The van der Waals surface area contributed by atoms with Gasteiger partial charge in [-0.2, -0.15) is 0 Å². The van der Waals surface area contributed by atoms with Gasteiger partial charge >= 0.3 is 0 Å². The predicted molar refractivity (Wildman–Crippen MR) is 223 cm³/mol. The maximum atomic E-state index is 6.67. The Morgan fingerprint density at radius 1 is 0.300 bits per heavy atom. The third-order valence-electron chi connectivity index (χ3n) is 9.97. The minimum atomic E-state index is 0.204. The van der Waals surface area contributed by atoms with Crippen LogP contribution in [0.3, 0.4) is 0 Å². The molecule has 1 heterocycles. The van der Waals surface area contributed by atoms with Crippen LogP contribution in [0.1, 0.15) is 0 Å². The summed E-state index contributed by atoms with van der Waals surface area (Å²) in [5.74, 6) is 0. The number of hydrogen-bond donors (Lipinski definition) is 0. The molecule has 6 heteroatoms. The summed E-state index contributed by atoms with van der Waals surface area (Å²) >= 11 is 1.84. The Morgan fingerprint density at radius 3 is 1.34 bits per heavy atom. The lowest BCUT2D eigenvalue weighted by molar-refractivity contribution is 1.61. The average molecular weight is 638 g/mol. The second kappa shape index (κ2) is 12.0. The van der Waals surface area contributed by atoms with Crippen molar-refractivity contribution in [1.82, 2.24) is 0 Å². The highest BCUT2D eigenvalue weighted by molar-refractivity contribution is 7.26. The number of hydrogen-bond acceptors (Lipinski definition) is 1. The van der Waals surface area contributed by atoms with E-state index in [0.29, 0.717) is 16.5 Å². The van der Waals surface area contributed by atoms with Crippen molar-refractivity contribution in [2.75, 3.05) is 0 Å². The summed E-state index contributed by atoms with van der Waals surface area (Å²) in [6.07, 6.45) is 0. The maximum absolute atomic E-state index is 6.67. The van der Waals surface area contributed by atoms with E-state index < -0.39 is 0 Å². The molecule has 50 heavy (non-hydrogen) atoms. The zero-order valence-corrected chi connectivity index (χ0v) is 27.9. The van der Waals surface area contributed by atoms with Crippen LogP contribution in [0.15, 0.2) is 140 Å². The van der Waals surface area contributed by atoms with Gasteiger partial charge in [-0.3, -0.25) is 0 Å². The standard InChI is InChI=1S/C44H23B5S/c45-40-39(41(46)43(48)44(49)42(40)47)37-30-14-6-4-12-28(30)35(29-13-5-7-15-31(29)37)25-18-20-26(21-19-25)36-27(24-10-2-1-3-11-24)22-23-34-38(36)32-16-8-9-17-33(32)50-34/h1-23H. The van der Waals surface area contributed by atoms with Gasteiger partial charge in [-0.05, 0) is 78.2 Å². The third kappa shape index (κ3) is 4.66. The van der Waals surface area contributed by atoms with Crippen LogP contribution in [-0.2, 0) is 0 Å². The van der Waals surface area contributed by atoms with Gasteiger partial charge in [0.25, 0.3) is 0 Å². The molecule has 0 amide bonds. The van der Waals surface area contributed by atoms with Gasteiger partial charge < -0.3 is 0 Å². The molecule has 0 aliphatic rings. The van der Waals surface area contributed by atoms with E-state index in [-0.39, 0.29) is 16.4 Å². The van der Waals surface area contributed by atoms with Gasteiger partial charge in [0.1, 0.15) is 39.2 Å². The zero-order chi connectivity index (χ0) is 34.1. The Balaban J connectivity index is 1.31. The van der Waals surface area contributed by atoms with Crippen molar-refractivity contribution < 1.29 is 0 Å². The van der Waals surface area contributed by atoms with Crippen molar-refractivity contribution in [3.63, 3.8) is 0 Å². The molecule has 0 nitrogen and oxygen atoms in total. The van der Waals surface area contributed by atoms with E-state index >= 15 is 0 Å². The molecule has 10 radical (unpaired) electrons. The van der Waals surface area contributed by atoms with Gasteiger partial charge in [-0.15, -0.1) is 27.7 Å². The molecule has 0 spiro atoms. The van der Waals surface area contributed by atoms with Gasteiger partial charge in [0.05, 0.1) is 0 Å². The molecule has 9 aromatic rings. The molecule has 0 aliphatic carbocycles. The summed E-state index contributed by atoms with van der Waals surface area (Å²) in [4.78, 5) is 0. The third-order valence-corrected chi connectivity index (χ3v) is 11.1. The van der Waals surface area contributed by atoms with E-state index in [2.05, 4.69) is 127 Å². The van der Waals surface area contributed by atoms with Crippen LogP contribution in [0.25, 0.3) is 86.2 Å². The summed E-state index contributed by atoms with van der Waals surface area (Å²) in [6.45, 7) is 0. The Bertz CT molecular complexity index is 2720. The summed E-state index contributed by atoms with van der Waals surface area (Å²) in [7, 11) is 32.3. The normalized spacial score (nSPS) is 11.6. The van der Waals surface area contributed by atoms with Crippen LogP contribution >= 0.6 is 11.3 Å². The highest BCUT2D eigenvalue weighted by Crippen LogP contribution is 2.47. The first-order valence-corrected chi connectivity index (χ1v) is 17.3. The smallest absolute Gasteiger partial charge is 0.113 e. The SMILES string of the molecule is [B]c1c([B])c([B])c(-c2c3ccccc3c(-c3ccc(-c4c(-c5ccccc5)ccc5sc6ccccc6c45)cc3)c3ccccc23)c([B])c1[B]. The molecular weight excluding hydrogens is 615 g/mol. The first-order valence-electron chi connectivity index (χ1n) is 16.5. The number of benzene rings is 8. The molecule has 8 aromatic carbocycles. The number of fused-ring (bicyclic) bond motifs is 5. The summed E-state index contributed by atoms with van der Waals surface area (Å²) < 4.78 is 2.56. The fraction of sp³-hybridized carbons (Fsp3) is 0. The zero-order valence-electron chi connectivity index (χ0n) is 27.1.